The van der Waals surface area contributed by atoms with Crippen LogP contribution in [0.4, 0.5) is 0 Å². The summed E-state index contributed by atoms with van der Waals surface area (Å²) in [6.45, 7) is 19.0. The van der Waals surface area contributed by atoms with Gasteiger partial charge in [0.1, 0.15) is 0 Å². The molecule has 0 fully saturated rings. The summed E-state index contributed by atoms with van der Waals surface area (Å²) in [6.07, 6.45) is 4.21. The van der Waals surface area contributed by atoms with E-state index in [0.717, 1.165) is 25.7 Å². The first-order valence-electron chi connectivity index (χ1n) is 48.5. The fourth-order valence-corrected chi connectivity index (χ4v) is 20.9. The van der Waals surface area contributed by atoms with Gasteiger partial charge in [0.15, 0.2) is 0 Å². The Balaban J connectivity index is 0.000000138. The Bertz CT molecular complexity index is 6490. The molecule has 0 saturated heterocycles. The van der Waals surface area contributed by atoms with Gasteiger partial charge < -0.3 is 39.2 Å². The molecule has 136 heavy (non-hydrogen) atoms. The van der Waals surface area contributed by atoms with Gasteiger partial charge in [0.05, 0.1) is 0 Å². The van der Waals surface area contributed by atoms with Crippen LogP contribution >= 0.6 is 0 Å². The van der Waals surface area contributed by atoms with Crippen LogP contribution in [0, 0.1) is 0 Å². The minimum absolute atomic E-state index is 0.0429. The van der Waals surface area contributed by atoms with Crippen molar-refractivity contribution in [2.24, 2.45) is 0 Å². The highest BCUT2D eigenvalue weighted by Gasteiger charge is 2.45. The predicted molar refractivity (Wildman–Crippen MR) is 596 cm³/mol. The fourth-order valence-electron chi connectivity index (χ4n) is 20.9. The third kappa shape index (κ3) is 21.0. The zero-order valence-corrected chi connectivity index (χ0v) is 88.1. The van der Waals surface area contributed by atoms with Crippen molar-refractivity contribution in [3.63, 3.8) is 0 Å². The third-order valence-corrected chi connectivity index (χ3v) is 26.0. The number of fused-ring (bicyclic) bond motifs is 36. The molecule has 0 bridgehead atoms. The van der Waals surface area contributed by atoms with Crippen molar-refractivity contribution in [1.82, 2.24) is 39.2 Å². The molecule has 8 aliphatic carbocycles. The zero-order valence-electron chi connectivity index (χ0n) is 88.1. The SMILES string of the molecule is CC1(C)c2ccc3c(c2-c2c1ccc1ccccc21)-c1ccccc1C3.CC1(C)c2ccc3c(c2-c2c1ccc1ccccc21)-c1ccccc1C3.CC1(C)c2ccc3c(c2-c2c1ccc1ccccc21)Cc1ccccc1-3.CC1(C)c2ccc3c(c2-c2c1ccc1ccccc21)Cc1ccccc1-3.CN(C)C.CN(C)C.CN(C)C.CN(C)C.CN(C)C.CN(C)C.CN(C)C.CN(C)C. The molecule has 0 heterocycles. The van der Waals surface area contributed by atoms with Gasteiger partial charge in [0.25, 0.3) is 0 Å². The van der Waals surface area contributed by atoms with Gasteiger partial charge in [-0.3, -0.25) is 0 Å². The molecule has 0 saturated carbocycles. The maximum absolute atomic E-state index is 2.38. The molecule has 0 aromatic heterocycles. The summed E-state index contributed by atoms with van der Waals surface area (Å²) >= 11 is 0. The summed E-state index contributed by atoms with van der Waals surface area (Å²) in [7, 11) is 48.0. The van der Waals surface area contributed by atoms with Crippen molar-refractivity contribution in [2.75, 3.05) is 169 Å². The van der Waals surface area contributed by atoms with E-state index in [0.29, 0.717) is 0 Å². The summed E-state index contributed by atoms with van der Waals surface area (Å²) in [5.74, 6) is 0. The highest BCUT2D eigenvalue weighted by atomic mass is 15.0. The van der Waals surface area contributed by atoms with Crippen LogP contribution in [0.3, 0.4) is 0 Å². The average Bonchev–Trinajstić information content (AvgIpc) is 1.56. The van der Waals surface area contributed by atoms with Gasteiger partial charge in [-0.05, 0) is 416 Å². The zero-order chi connectivity index (χ0) is 98.5. The summed E-state index contributed by atoms with van der Waals surface area (Å²) in [5, 5.41) is 10.9. The quantitative estimate of drug-likeness (QED) is 0.148. The van der Waals surface area contributed by atoms with Crippen LogP contribution < -0.4 is 0 Å². The van der Waals surface area contributed by atoms with Gasteiger partial charge in [0.2, 0.25) is 0 Å². The van der Waals surface area contributed by atoms with E-state index >= 15 is 0 Å². The van der Waals surface area contributed by atoms with Crippen molar-refractivity contribution in [3.8, 4) is 89.0 Å². The molecule has 0 aliphatic heterocycles. The first-order valence-corrected chi connectivity index (χ1v) is 48.5. The molecule has 704 valence electrons. The minimum atomic E-state index is 0.0429. The van der Waals surface area contributed by atoms with E-state index in [2.05, 4.69) is 347 Å². The molecular weight excluding hydrogens is 1650 g/mol. The highest BCUT2D eigenvalue weighted by Crippen LogP contribution is 2.62. The normalized spacial score (nSPS) is 13.9. The highest BCUT2D eigenvalue weighted by molar-refractivity contribution is 6.11. The van der Waals surface area contributed by atoms with Crippen LogP contribution in [-0.4, -0.2) is 208 Å². The van der Waals surface area contributed by atoms with Gasteiger partial charge in [-0.2, -0.15) is 0 Å². The van der Waals surface area contributed by atoms with Crippen molar-refractivity contribution in [3.05, 3.63) is 380 Å². The van der Waals surface area contributed by atoms with E-state index in [-0.39, 0.29) is 21.7 Å². The van der Waals surface area contributed by atoms with Crippen molar-refractivity contribution < 1.29 is 0 Å². The Labute approximate surface area is 817 Å². The number of rotatable bonds is 0. The van der Waals surface area contributed by atoms with Crippen LogP contribution in [0.1, 0.15) is 144 Å². The topological polar surface area (TPSA) is 25.9 Å². The van der Waals surface area contributed by atoms with Crippen LogP contribution in [0.2, 0.25) is 0 Å². The Hall–Kier alpha value is -11.8. The lowest BCUT2D eigenvalue weighted by Gasteiger charge is -2.22. The Kier molecular flexibility index (Phi) is 31.7. The Morgan fingerprint density at radius 3 is 0.588 bits per heavy atom. The van der Waals surface area contributed by atoms with E-state index < -0.39 is 0 Å². The smallest absolute Gasteiger partial charge is 0.0159 e. The van der Waals surface area contributed by atoms with Gasteiger partial charge >= 0.3 is 0 Å². The molecule has 0 spiro atoms. The molecule has 0 radical (unpaired) electrons. The van der Waals surface area contributed by atoms with E-state index in [9.17, 15) is 0 Å². The lowest BCUT2D eigenvalue weighted by atomic mass is 9.81. The number of hydrogen-bond donors (Lipinski definition) is 0. The monoisotopic (exact) mass is 1800 g/mol. The molecular formula is C128H152N8. The number of benzene rings is 16. The second-order valence-corrected chi connectivity index (χ2v) is 43.5. The van der Waals surface area contributed by atoms with Crippen LogP contribution in [0.15, 0.2) is 291 Å². The molecule has 0 atom stereocenters. The lowest BCUT2D eigenvalue weighted by Crippen LogP contribution is -2.15. The average molecular weight is 1800 g/mol. The maximum atomic E-state index is 2.38. The Morgan fingerprint density at radius 1 is 0.147 bits per heavy atom. The number of hydrogen-bond acceptors (Lipinski definition) is 8. The molecule has 16 aromatic rings. The molecule has 16 aromatic carbocycles. The summed E-state index contributed by atoms with van der Waals surface area (Å²) < 4.78 is 0. The molecule has 0 amide bonds. The second kappa shape index (κ2) is 42.5. The molecule has 0 N–H and O–H groups in total. The summed E-state index contributed by atoms with van der Waals surface area (Å²) in [6, 6.07) is 109. The molecule has 8 nitrogen and oxygen atoms in total. The van der Waals surface area contributed by atoms with Crippen molar-refractivity contribution in [2.45, 2.75) is 103 Å². The van der Waals surface area contributed by atoms with Gasteiger partial charge in [-0.25, -0.2) is 0 Å². The minimum Gasteiger partial charge on any atom is -0.312 e. The standard InChI is InChI=1S/4C26H20.8C3H9N/c2*1-26(2)22-13-11-16-7-3-6-10-19(16)24(22)25-21-15-17-8-4-5-9-18(17)20(21)12-14-23(25)26;2*1-26(2)21-13-11-16-7-3-5-9-19(16)24(21)25-22(26)14-12-18-15-17-8-4-6-10-20(17)23(18)25;8*1-4(2)3/h4*3-14H,15H2,1-2H3;8*1-3H3. The summed E-state index contributed by atoms with van der Waals surface area (Å²) in [5.41, 5.74) is 47.1. The molecule has 8 aliphatic rings. The van der Waals surface area contributed by atoms with Gasteiger partial charge in [-0.1, -0.05) is 347 Å². The fraction of sp³-hybridized carbons (Fsp3) is 0.312. The number of nitrogens with zero attached hydrogens (tertiary/aromatic N) is 8. The van der Waals surface area contributed by atoms with E-state index in [1.807, 2.05) is 208 Å². The first kappa shape index (κ1) is 102. The van der Waals surface area contributed by atoms with E-state index in [1.54, 1.807) is 0 Å². The van der Waals surface area contributed by atoms with E-state index in [1.165, 1.54) is 221 Å². The second-order valence-electron chi connectivity index (χ2n) is 43.5. The molecule has 0 unspecified atom stereocenters. The first-order chi connectivity index (χ1) is 64.5. The van der Waals surface area contributed by atoms with Crippen LogP contribution in [-0.2, 0) is 47.3 Å². The predicted octanol–water partition coefficient (Wildman–Crippen LogP) is 28.3. The van der Waals surface area contributed by atoms with Gasteiger partial charge in [-0.15, -0.1) is 0 Å². The molecule has 8 heteroatoms. The Morgan fingerprint density at radius 2 is 0.331 bits per heavy atom. The molecule has 24 rings (SSSR count). The largest absolute Gasteiger partial charge is 0.312 e. The van der Waals surface area contributed by atoms with Gasteiger partial charge in [0, 0.05) is 21.7 Å². The van der Waals surface area contributed by atoms with Crippen molar-refractivity contribution in [1.29, 1.82) is 0 Å². The third-order valence-electron chi connectivity index (χ3n) is 26.0. The maximum Gasteiger partial charge on any atom is 0.0159 e. The lowest BCUT2D eigenvalue weighted by molar-refractivity contribution is 0.505. The van der Waals surface area contributed by atoms with Crippen LogP contribution in [0.5, 0.6) is 0 Å². The van der Waals surface area contributed by atoms with Crippen molar-refractivity contribution >= 4 is 43.1 Å². The summed E-state index contributed by atoms with van der Waals surface area (Å²) in [4.78, 5) is 16.0. The van der Waals surface area contributed by atoms with E-state index in [4.69, 9.17) is 0 Å². The van der Waals surface area contributed by atoms with Crippen LogP contribution in [0.25, 0.3) is 132 Å².